The summed E-state index contributed by atoms with van der Waals surface area (Å²) in [6.45, 7) is -0.202. The lowest BCUT2D eigenvalue weighted by molar-refractivity contribution is -0.141. The topological polar surface area (TPSA) is 66.5 Å². The number of anilines is 1. The largest absolute Gasteiger partial charge is 0.325 e. The van der Waals surface area contributed by atoms with E-state index in [1.807, 2.05) is 6.07 Å². The maximum Gasteiger partial charge on any atom is 0.244 e. The van der Waals surface area contributed by atoms with Crippen LogP contribution in [0.2, 0.25) is 0 Å². The average Bonchev–Trinajstić information content (AvgIpc) is 2.62. The number of para-hydroxylation sites is 1. The third-order valence-corrected chi connectivity index (χ3v) is 2.51. The summed E-state index contributed by atoms with van der Waals surface area (Å²) in [4.78, 5) is 35.2. The number of hydrogen-bond acceptors (Lipinski definition) is 3. The summed E-state index contributed by atoms with van der Waals surface area (Å²) in [6.07, 6.45) is 0.412. The predicted molar refractivity (Wildman–Crippen MR) is 61.0 cm³/mol. The van der Waals surface area contributed by atoms with Crippen molar-refractivity contribution in [2.45, 2.75) is 12.8 Å². The summed E-state index contributed by atoms with van der Waals surface area (Å²) in [7, 11) is 0. The summed E-state index contributed by atoms with van der Waals surface area (Å²) < 4.78 is 0. The van der Waals surface area contributed by atoms with Gasteiger partial charge in [0.15, 0.2) is 0 Å². The molecule has 88 valence electrons. The van der Waals surface area contributed by atoms with Crippen LogP contribution in [0.25, 0.3) is 0 Å². The van der Waals surface area contributed by atoms with Crippen LogP contribution in [0, 0.1) is 0 Å². The molecule has 1 aromatic carbocycles. The van der Waals surface area contributed by atoms with E-state index >= 15 is 0 Å². The zero-order chi connectivity index (χ0) is 12.3. The molecule has 2 rings (SSSR count). The Morgan fingerprint density at radius 2 is 1.71 bits per heavy atom. The molecule has 1 fully saturated rings. The molecule has 1 aliphatic rings. The lowest BCUT2D eigenvalue weighted by Crippen LogP contribution is -2.36. The van der Waals surface area contributed by atoms with E-state index in [9.17, 15) is 14.4 Å². The van der Waals surface area contributed by atoms with Crippen molar-refractivity contribution in [1.29, 1.82) is 0 Å². The first-order valence-electron chi connectivity index (χ1n) is 5.35. The fourth-order valence-corrected chi connectivity index (χ4v) is 1.66. The summed E-state index contributed by atoms with van der Waals surface area (Å²) in [6, 6.07) is 8.91. The normalized spacial score (nSPS) is 15.2. The van der Waals surface area contributed by atoms with Gasteiger partial charge in [0.05, 0.1) is 0 Å². The highest BCUT2D eigenvalue weighted by atomic mass is 16.2. The van der Waals surface area contributed by atoms with Crippen molar-refractivity contribution in [2.24, 2.45) is 0 Å². The first kappa shape index (κ1) is 11.3. The molecule has 0 aliphatic carbocycles. The number of benzene rings is 1. The Kier molecular flexibility index (Phi) is 3.18. The molecule has 0 saturated carbocycles. The highest BCUT2D eigenvalue weighted by Crippen LogP contribution is 2.12. The monoisotopic (exact) mass is 232 g/mol. The molecule has 0 atom stereocenters. The molecule has 1 saturated heterocycles. The maximum atomic E-state index is 11.6. The van der Waals surface area contributed by atoms with E-state index in [2.05, 4.69) is 5.32 Å². The number of likely N-dealkylation sites (tertiary alicyclic amines) is 1. The van der Waals surface area contributed by atoms with Crippen molar-refractivity contribution >= 4 is 23.4 Å². The minimum Gasteiger partial charge on any atom is -0.325 e. The highest BCUT2D eigenvalue weighted by molar-refractivity contribution is 6.06. The van der Waals surface area contributed by atoms with E-state index in [4.69, 9.17) is 0 Å². The molecule has 0 unspecified atom stereocenters. The van der Waals surface area contributed by atoms with Gasteiger partial charge in [-0.1, -0.05) is 18.2 Å². The Bertz CT molecular complexity index is 440. The lowest BCUT2D eigenvalue weighted by Gasteiger charge is -2.13. The maximum absolute atomic E-state index is 11.6. The van der Waals surface area contributed by atoms with E-state index in [1.54, 1.807) is 24.3 Å². The van der Waals surface area contributed by atoms with Crippen LogP contribution < -0.4 is 5.32 Å². The number of rotatable bonds is 3. The van der Waals surface area contributed by atoms with Crippen LogP contribution in [-0.2, 0) is 14.4 Å². The quantitative estimate of drug-likeness (QED) is 0.783. The van der Waals surface area contributed by atoms with Crippen LogP contribution in [-0.4, -0.2) is 29.2 Å². The predicted octanol–water partition coefficient (Wildman–Crippen LogP) is 0.774. The summed E-state index contributed by atoms with van der Waals surface area (Å²) in [5.74, 6) is -0.920. The Balaban J connectivity index is 1.94. The molecular weight excluding hydrogens is 220 g/mol. The van der Waals surface area contributed by atoms with Gasteiger partial charge in [-0.15, -0.1) is 0 Å². The van der Waals surface area contributed by atoms with Crippen LogP contribution in [0.5, 0.6) is 0 Å². The number of carbonyl (C=O) groups excluding carboxylic acids is 3. The van der Waals surface area contributed by atoms with E-state index in [0.29, 0.717) is 5.69 Å². The van der Waals surface area contributed by atoms with Gasteiger partial charge in [-0.3, -0.25) is 19.3 Å². The van der Waals surface area contributed by atoms with E-state index in [0.717, 1.165) is 4.90 Å². The van der Waals surface area contributed by atoms with Gasteiger partial charge < -0.3 is 5.32 Å². The molecule has 1 N–H and O–H groups in total. The highest BCUT2D eigenvalue weighted by Gasteiger charge is 2.30. The van der Waals surface area contributed by atoms with Crippen molar-refractivity contribution in [3.05, 3.63) is 30.3 Å². The fourth-order valence-electron chi connectivity index (χ4n) is 1.66. The molecular formula is C12H12N2O3. The van der Waals surface area contributed by atoms with Crippen LogP contribution in [0.4, 0.5) is 5.69 Å². The minimum absolute atomic E-state index is 0.202. The first-order chi connectivity index (χ1) is 8.16. The summed E-state index contributed by atoms with van der Waals surface area (Å²) >= 11 is 0. The standard InChI is InChI=1S/C12H12N2O3/c15-10(13-9-4-2-1-3-5-9)8-14-11(16)6-7-12(14)17/h1-5H,6-8H2,(H,13,15). The molecule has 5 nitrogen and oxygen atoms in total. The third-order valence-electron chi connectivity index (χ3n) is 2.51. The molecule has 17 heavy (non-hydrogen) atoms. The Hall–Kier alpha value is -2.17. The molecule has 0 bridgehead atoms. The smallest absolute Gasteiger partial charge is 0.244 e. The van der Waals surface area contributed by atoms with Crippen LogP contribution in [0.3, 0.4) is 0 Å². The van der Waals surface area contributed by atoms with Gasteiger partial charge in [-0.05, 0) is 12.1 Å². The minimum atomic E-state index is -0.361. The van der Waals surface area contributed by atoms with Crippen molar-refractivity contribution in [2.75, 3.05) is 11.9 Å². The molecule has 1 heterocycles. The number of carbonyl (C=O) groups is 3. The molecule has 1 aromatic rings. The van der Waals surface area contributed by atoms with Gasteiger partial charge in [0.1, 0.15) is 6.54 Å². The van der Waals surface area contributed by atoms with E-state index < -0.39 is 0 Å². The Morgan fingerprint density at radius 3 is 2.29 bits per heavy atom. The molecule has 0 aromatic heterocycles. The third kappa shape index (κ3) is 2.69. The van der Waals surface area contributed by atoms with E-state index in [1.165, 1.54) is 0 Å². The zero-order valence-corrected chi connectivity index (χ0v) is 9.18. The second-order valence-corrected chi connectivity index (χ2v) is 3.79. The number of imide groups is 1. The van der Waals surface area contributed by atoms with Crippen LogP contribution >= 0.6 is 0 Å². The Labute approximate surface area is 98.4 Å². The molecule has 3 amide bonds. The molecule has 1 aliphatic heterocycles. The van der Waals surface area contributed by atoms with Gasteiger partial charge in [-0.2, -0.15) is 0 Å². The first-order valence-corrected chi connectivity index (χ1v) is 5.35. The number of hydrogen-bond donors (Lipinski definition) is 1. The van der Waals surface area contributed by atoms with Crippen molar-refractivity contribution in [3.63, 3.8) is 0 Å². The van der Waals surface area contributed by atoms with Crippen LogP contribution in [0.1, 0.15) is 12.8 Å². The number of nitrogens with zero attached hydrogens (tertiary/aromatic N) is 1. The van der Waals surface area contributed by atoms with Crippen molar-refractivity contribution in [1.82, 2.24) is 4.90 Å². The number of amides is 3. The van der Waals surface area contributed by atoms with Crippen molar-refractivity contribution < 1.29 is 14.4 Å². The van der Waals surface area contributed by atoms with Gasteiger partial charge >= 0.3 is 0 Å². The second kappa shape index (κ2) is 4.78. The molecule has 0 spiro atoms. The van der Waals surface area contributed by atoms with Crippen LogP contribution in [0.15, 0.2) is 30.3 Å². The fraction of sp³-hybridized carbons (Fsp3) is 0.250. The molecule has 5 heteroatoms. The van der Waals surface area contributed by atoms with Gasteiger partial charge in [-0.25, -0.2) is 0 Å². The van der Waals surface area contributed by atoms with Gasteiger partial charge in [0.25, 0.3) is 0 Å². The lowest BCUT2D eigenvalue weighted by atomic mass is 10.3. The zero-order valence-electron chi connectivity index (χ0n) is 9.18. The summed E-state index contributed by atoms with van der Waals surface area (Å²) in [5.41, 5.74) is 0.650. The van der Waals surface area contributed by atoms with Crippen molar-refractivity contribution in [3.8, 4) is 0 Å². The van der Waals surface area contributed by atoms with E-state index in [-0.39, 0.29) is 37.1 Å². The SMILES string of the molecule is O=C(CN1C(=O)CCC1=O)Nc1ccccc1. The molecule has 0 radical (unpaired) electrons. The van der Waals surface area contributed by atoms with Gasteiger partial charge in [0, 0.05) is 18.5 Å². The second-order valence-electron chi connectivity index (χ2n) is 3.79. The average molecular weight is 232 g/mol. The Morgan fingerprint density at radius 1 is 1.12 bits per heavy atom. The number of nitrogens with one attached hydrogen (secondary N) is 1. The van der Waals surface area contributed by atoms with Gasteiger partial charge in [0.2, 0.25) is 17.7 Å². The summed E-state index contributed by atoms with van der Waals surface area (Å²) in [5, 5.41) is 2.62.